The highest BCUT2D eigenvalue weighted by Gasteiger charge is 2.23. The maximum atomic E-state index is 13.1. The number of methoxy groups -OCH3 is 1. The van der Waals surface area contributed by atoms with Crippen molar-refractivity contribution in [2.75, 3.05) is 7.11 Å². The Labute approximate surface area is 165 Å². The van der Waals surface area contributed by atoms with Crippen LogP contribution in [0.3, 0.4) is 0 Å². The zero-order valence-electron chi connectivity index (χ0n) is 16.6. The van der Waals surface area contributed by atoms with Crippen LogP contribution in [0, 0.1) is 0 Å². The Kier molecular flexibility index (Phi) is 4.37. The van der Waals surface area contributed by atoms with Gasteiger partial charge in [-0.25, -0.2) is 9.36 Å². The third kappa shape index (κ3) is 2.77. The fraction of sp³-hybridized carbons (Fsp3) is 0.300. The van der Waals surface area contributed by atoms with Crippen LogP contribution in [-0.4, -0.2) is 36.2 Å². The fourth-order valence-electron chi connectivity index (χ4n) is 3.58. The van der Waals surface area contributed by atoms with Gasteiger partial charge in [-0.2, -0.15) is 4.98 Å². The van der Waals surface area contributed by atoms with E-state index >= 15 is 0 Å². The standard InChI is InChI=1S/C20H21N5O4/c1-12(2)25-14(13-8-6-5-7-9-13)10-23-16-17(21-19(23)25)22(3)20(28)24(18(16)27)11-15(26)29-4/h5-10,12H,11H2,1-4H3. The molecule has 9 heteroatoms. The highest BCUT2D eigenvalue weighted by Crippen LogP contribution is 2.28. The molecule has 0 aliphatic carbocycles. The van der Waals surface area contributed by atoms with Gasteiger partial charge in [-0.3, -0.25) is 18.6 Å². The van der Waals surface area contributed by atoms with E-state index in [1.807, 2.05) is 54.9 Å². The Morgan fingerprint density at radius 2 is 1.86 bits per heavy atom. The first-order valence-electron chi connectivity index (χ1n) is 9.20. The number of fused-ring (bicyclic) bond motifs is 3. The summed E-state index contributed by atoms with van der Waals surface area (Å²) >= 11 is 0. The van der Waals surface area contributed by atoms with Crippen molar-refractivity contribution in [3.8, 4) is 11.3 Å². The van der Waals surface area contributed by atoms with Gasteiger partial charge in [-0.05, 0) is 19.4 Å². The molecule has 3 heterocycles. The van der Waals surface area contributed by atoms with Crippen LogP contribution in [0.2, 0.25) is 0 Å². The molecule has 0 unspecified atom stereocenters. The largest absolute Gasteiger partial charge is 0.468 e. The van der Waals surface area contributed by atoms with E-state index in [-0.39, 0.29) is 17.2 Å². The molecule has 3 aromatic heterocycles. The molecule has 0 bridgehead atoms. The minimum Gasteiger partial charge on any atom is -0.468 e. The van der Waals surface area contributed by atoms with Gasteiger partial charge in [0.25, 0.3) is 5.56 Å². The number of benzene rings is 1. The molecule has 150 valence electrons. The highest BCUT2D eigenvalue weighted by atomic mass is 16.5. The molecule has 0 saturated carbocycles. The van der Waals surface area contributed by atoms with Gasteiger partial charge in [-0.1, -0.05) is 30.3 Å². The summed E-state index contributed by atoms with van der Waals surface area (Å²) in [5.74, 6) is -0.120. The second-order valence-electron chi connectivity index (χ2n) is 7.11. The molecule has 4 rings (SSSR count). The second-order valence-corrected chi connectivity index (χ2v) is 7.11. The lowest BCUT2D eigenvalue weighted by Crippen LogP contribution is -2.41. The van der Waals surface area contributed by atoms with Gasteiger partial charge >= 0.3 is 11.7 Å². The molecular weight excluding hydrogens is 374 g/mol. The van der Waals surface area contributed by atoms with E-state index in [0.717, 1.165) is 15.8 Å². The third-order valence-electron chi connectivity index (χ3n) is 4.98. The normalized spacial score (nSPS) is 11.6. The van der Waals surface area contributed by atoms with Crippen LogP contribution < -0.4 is 11.2 Å². The Hall–Kier alpha value is -3.62. The van der Waals surface area contributed by atoms with Gasteiger partial charge in [-0.15, -0.1) is 0 Å². The molecule has 0 radical (unpaired) electrons. The molecule has 29 heavy (non-hydrogen) atoms. The number of ether oxygens (including phenoxy) is 1. The summed E-state index contributed by atoms with van der Waals surface area (Å²) in [5.41, 5.74) is 1.19. The van der Waals surface area contributed by atoms with Gasteiger partial charge in [0.2, 0.25) is 5.78 Å². The molecule has 0 aliphatic rings. The van der Waals surface area contributed by atoms with Crippen molar-refractivity contribution >= 4 is 22.9 Å². The molecule has 0 atom stereocenters. The molecule has 0 amide bonds. The van der Waals surface area contributed by atoms with Gasteiger partial charge < -0.3 is 9.30 Å². The number of aryl methyl sites for hydroxylation is 1. The van der Waals surface area contributed by atoms with Gasteiger partial charge in [0.15, 0.2) is 11.2 Å². The second kappa shape index (κ2) is 6.77. The Bertz CT molecular complexity index is 1360. The minimum atomic E-state index is -0.672. The van der Waals surface area contributed by atoms with E-state index in [4.69, 9.17) is 0 Å². The summed E-state index contributed by atoms with van der Waals surface area (Å²) in [7, 11) is 2.74. The molecule has 0 spiro atoms. The number of rotatable bonds is 4. The monoisotopic (exact) mass is 395 g/mol. The van der Waals surface area contributed by atoms with E-state index in [1.165, 1.54) is 18.7 Å². The van der Waals surface area contributed by atoms with E-state index in [1.54, 1.807) is 4.40 Å². The number of carbonyl (C=O) groups is 1. The zero-order chi connectivity index (χ0) is 20.9. The van der Waals surface area contributed by atoms with Crippen LogP contribution in [0.5, 0.6) is 0 Å². The molecule has 0 N–H and O–H groups in total. The number of hydrogen-bond donors (Lipinski definition) is 0. The lowest BCUT2D eigenvalue weighted by atomic mass is 10.1. The Morgan fingerprint density at radius 1 is 1.17 bits per heavy atom. The minimum absolute atomic E-state index is 0.0637. The highest BCUT2D eigenvalue weighted by molar-refractivity contribution is 5.78. The smallest absolute Gasteiger partial charge is 0.333 e. The Balaban J connectivity index is 2.11. The predicted molar refractivity (Wildman–Crippen MR) is 108 cm³/mol. The van der Waals surface area contributed by atoms with Gasteiger partial charge in [0, 0.05) is 19.3 Å². The van der Waals surface area contributed by atoms with Crippen molar-refractivity contribution in [3.05, 3.63) is 57.4 Å². The van der Waals surface area contributed by atoms with Crippen molar-refractivity contribution < 1.29 is 9.53 Å². The lowest BCUT2D eigenvalue weighted by Gasteiger charge is -2.12. The van der Waals surface area contributed by atoms with E-state index in [2.05, 4.69) is 9.72 Å². The van der Waals surface area contributed by atoms with Gasteiger partial charge in [0.1, 0.15) is 6.54 Å². The van der Waals surface area contributed by atoms with E-state index in [0.29, 0.717) is 5.78 Å². The van der Waals surface area contributed by atoms with E-state index < -0.39 is 23.8 Å². The predicted octanol–water partition coefficient (Wildman–Crippen LogP) is 1.57. The first-order valence-corrected chi connectivity index (χ1v) is 9.20. The lowest BCUT2D eigenvalue weighted by molar-refractivity contribution is -0.141. The summed E-state index contributed by atoms with van der Waals surface area (Å²) in [6.07, 6.45) is 1.84. The molecule has 1 aromatic carbocycles. The zero-order valence-corrected chi connectivity index (χ0v) is 16.6. The molecular formula is C20H21N5O4. The molecule has 0 aliphatic heterocycles. The van der Waals surface area contributed by atoms with Crippen LogP contribution in [0.1, 0.15) is 19.9 Å². The number of esters is 1. The average Bonchev–Trinajstić information content (AvgIpc) is 3.26. The molecule has 0 fully saturated rings. The van der Waals surface area contributed by atoms with Crippen LogP contribution >= 0.6 is 0 Å². The van der Waals surface area contributed by atoms with Crippen molar-refractivity contribution in [2.24, 2.45) is 7.05 Å². The molecule has 4 aromatic rings. The summed E-state index contributed by atoms with van der Waals surface area (Å²) < 4.78 is 10.5. The van der Waals surface area contributed by atoms with Crippen LogP contribution in [0.4, 0.5) is 0 Å². The fourth-order valence-corrected chi connectivity index (χ4v) is 3.58. The van der Waals surface area contributed by atoms with Crippen molar-refractivity contribution in [1.29, 1.82) is 0 Å². The average molecular weight is 395 g/mol. The topological polar surface area (TPSA) is 92.5 Å². The summed E-state index contributed by atoms with van der Waals surface area (Å²) in [5, 5.41) is 0. The maximum absolute atomic E-state index is 13.1. The molecule has 0 saturated heterocycles. The van der Waals surface area contributed by atoms with Crippen molar-refractivity contribution in [2.45, 2.75) is 26.4 Å². The number of imidazole rings is 2. The van der Waals surface area contributed by atoms with Gasteiger partial charge in [0.05, 0.1) is 12.8 Å². The number of nitrogens with zero attached hydrogens (tertiary/aromatic N) is 5. The first kappa shape index (κ1) is 18.7. The number of hydrogen-bond acceptors (Lipinski definition) is 5. The van der Waals surface area contributed by atoms with Crippen molar-refractivity contribution in [1.82, 2.24) is 23.1 Å². The van der Waals surface area contributed by atoms with Crippen molar-refractivity contribution in [3.63, 3.8) is 0 Å². The van der Waals surface area contributed by atoms with Crippen LogP contribution in [0.25, 0.3) is 28.2 Å². The molecule has 9 nitrogen and oxygen atoms in total. The van der Waals surface area contributed by atoms with E-state index in [9.17, 15) is 14.4 Å². The Morgan fingerprint density at radius 3 is 2.48 bits per heavy atom. The SMILES string of the molecule is COC(=O)Cn1c(=O)c2c(nc3n(C(C)C)c(-c4ccccc4)cn23)n(C)c1=O. The summed E-state index contributed by atoms with van der Waals surface area (Å²) in [6.45, 7) is 3.60. The number of aromatic nitrogens is 5. The first-order chi connectivity index (χ1) is 13.8. The summed E-state index contributed by atoms with van der Waals surface area (Å²) in [4.78, 5) is 42.1. The number of carbonyl (C=O) groups excluding carboxylic acids is 1. The quantitative estimate of drug-likeness (QED) is 0.489. The third-order valence-corrected chi connectivity index (χ3v) is 4.98. The maximum Gasteiger partial charge on any atom is 0.333 e. The van der Waals surface area contributed by atoms with Crippen LogP contribution in [-0.2, 0) is 23.1 Å². The van der Waals surface area contributed by atoms with Crippen LogP contribution in [0.15, 0.2) is 46.1 Å². The summed E-state index contributed by atoms with van der Waals surface area (Å²) in [6, 6.07) is 9.87.